The van der Waals surface area contributed by atoms with Gasteiger partial charge in [0.15, 0.2) is 0 Å². The second-order valence-corrected chi connectivity index (χ2v) is 8.58. The van der Waals surface area contributed by atoms with Crippen LogP contribution in [0.2, 0.25) is 0 Å². The van der Waals surface area contributed by atoms with Gasteiger partial charge in [0.1, 0.15) is 11.6 Å². The van der Waals surface area contributed by atoms with Gasteiger partial charge in [-0.3, -0.25) is 4.90 Å². The van der Waals surface area contributed by atoms with Crippen molar-refractivity contribution in [2.24, 2.45) is 0 Å². The highest BCUT2D eigenvalue weighted by atomic mass is 19.1. The molecule has 0 unspecified atom stereocenters. The summed E-state index contributed by atoms with van der Waals surface area (Å²) in [6, 6.07) is 13.9. The molecule has 2 aromatic rings. The van der Waals surface area contributed by atoms with E-state index in [9.17, 15) is 9.50 Å². The molecule has 4 rings (SSSR count). The number of hydrogen-bond donors (Lipinski definition) is 2. The van der Waals surface area contributed by atoms with Crippen LogP contribution in [0.15, 0.2) is 42.5 Å². The number of nitrogens with one attached hydrogen (secondary N) is 1. The molecule has 0 saturated carbocycles. The van der Waals surface area contributed by atoms with Gasteiger partial charge >= 0.3 is 0 Å². The minimum atomic E-state index is -0.154. The summed E-state index contributed by atoms with van der Waals surface area (Å²) in [4.78, 5) is 4.87. The summed E-state index contributed by atoms with van der Waals surface area (Å²) >= 11 is 0. The minimum absolute atomic E-state index is 0.154. The smallest absolute Gasteiger partial charge is 0.123 e. The lowest BCUT2D eigenvalue weighted by Gasteiger charge is -2.39. The van der Waals surface area contributed by atoms with Crippen LogP contribution < -0.4 is 10.2 Å². The van der Waals surface area contributed by atoms with Crippen molar-refractivity contribution in [2.75, 3.05) is 31.1 Å². The van der Waals surface area contributed by atoms with Crippen molar-refractivity contribution in [3.63, 3.8) is 0 Å². The van der Waals surface area contributed by atoms with E-state index in [0.29, 0.717) is 17.8 Å². The number of hydrogen-bond acceptors (Lipinski definition) is 4. The third-order valence-corrected chi connectivity index (χ3v) is 6.37. The molecule has 0 bridgehead atoms. The van der Waals surface area contributed by atoms with E-state index in [1.165, 1.54) is 24.1 Å². The van der Waals surface area contributed by atoms with Gasteiger partial charge in [0.05, 0.1) is 0 Å². The maximum atomic E-state index is 13.4. The summed E-state index contributed by atoms with van der Waals surface area (Å²) < 4.78 is 13.4. The Morgan fingerprint density at radius 1 is 0.966 bits per heavy atom. The van der Waals surface area contributed by atoms with Crippen LogP contribution in [0.25, 0.3) is 0 Å². The summed E-state index contributed by atoms with van der Waals surface area (Å²) in [6.45, 7) is 7.16. The molecular formula is C24H32FN3O. The maximum Gasteiger partial charge on any atom is 0.123 e. The fourth-order valence-corrected chi connectivity index (χ4v) is 4.76. The molecule has 2 N–H and O–H groups in total. The number of anilines is 1. The van der Waals surface area contributed by atoms with Crippen molar-refractivity contribution in [3.05, 3.63) is 59.4 Å². The molecule has 4 nitrogen and oxygen atoms in total. The highest BCUT2D eigenvalue weighted by Crippen LogP contribution is 2.25. The lowest BCUT2D eigenvalue weighted by Crippen LogP contribution is -2.49. The lowest BCUT2D eigenvalue weighted by atomic mass is 9.98. The fraction of sp³-hybridized carbons (Fsp3) is 0.500. The molecule has 0 radical (unpaired) electrons. The molecule has 0 spiro atoms. The van der Waals surface area contributed by atoms with Gasteiger partial charge < -0.3 is 15.3 Å². The highest BCUT2D eigenvalue weighted by molar-refractivity contribution is 5.53. The quantitative estimate of drug-likeness (QED) is 0.798. The van der Waals surface area contributed by atoms with Gasteiger partial charge in [0.25, 0.3) is 0 Å². The average molecular weight is 398 g/mol. The summed E-state index contributed by atoms with van der Waals surface area (Å²) in [7, 11) is 0. The van der Waals surface area contributed by atoms with E-state index in [-0.39, 0.29) is 5.82 Å². The van der Waals surface area contributed by atoms with Crippen LogP contribution in [0.4, 0.5) is 10.1 Å². The second-order valence-electron chi connectivity index (χ2n) is 8.58. The second kappa shape index (κ2) is 9.14. The van der Waals surface area contributed by atoms with E-state index < -0.39 is 0 Å². The van der Waals surface area contributed by atoms with Gasteiger partial charge in [-0.15, -0.1) is 0 Å². The fourth-order valence-electron chi connectivity index (χ4n) is 4.76. The first-order chi connectivity index (χ1) is 14.1. The van der Waals surface area contributed by atoms with Gasteiger partial charge in [-0.05, 0) is 87.2 Å². The normalized spacial score (nSPS) is 19.6. The molecule has 29 heavy (non-hydrogen) atoms. The zero-order valence-corrected chi connectivity index (χ0v) is 17.3. The van der Waals surface area contributed by atoms with Crippen LogP contribution in [0, 0.1) is 12.7 Å². The van der Waals surface area contributed by atoms with Crippen LogP contribution in [0.3, 0.4) is 0 Å². The molecule has 0 aromatic heterocycles. The Labute approximate surface area is 173 Å². The van der Waals surface area contributed by atoms with E-state index in [4.69, 9.17) is 0 Å². The highest BCUT2D eigenvalue weighted by Gasteiger charge is 2.25. The molecule has 2 heterocycles. The topological polar surface area (TPSA) is 38.7 Å². The van der Waals surface area contributed by atoms with Crippen LogP contribution in [0.5, 0.6) is 5.75 Å². The predicted molar refractivity (Wildman–Crippen MR) is 116 cm³/mol. The maximum absolute atomic E-state index is 13.4. The molecule has 2 fully saturated rings. The SMILES string of the molecule is Cc1cc(F)ccc1N1CCC(NC2CCN(Cc3cccc(O)c3)CC2)CC1. The van der Waals surface area contributed by atoms with Crippen LogP contribution >= 0.6 is 0 Å². The number of halogens is 1. The monoisotopic (exact) mass is 397 g/mol. The third-order valence-electron chi connectivity index (χ3n) is 6.37. The molecule has 5 heteroatoms. The van der Waals surface area contributed by atoms with E-state index in [1.807, 2.05) is 25.1 Å². The molecule has 2 aliphatic rings. The first kappa shape index (κ1) is 20.2. The van der Waals surface area contributed by atoms with Crippen molar-refractivity contribution in [1.82, 2.24) is 10.2 Å². The van der Waals surface area contributed by atoms with Crippen molar-refractivity contribution < 1.29 is 9.50 Å². The standard InChI is InChI=1S/C24H32FN3O/c1-18-15-20(25)5-6-24(18)28-13-9-22(10-14-28)26-21-7-11-27(12-8-21)17-19-3-2-4-23(29)16-19/h2-6,15-16,21-22,26,29H,7-14,17H2,1H3. The van der Waals surface area contributed by atoms with E-state index in [2.05, 4.69) is 21.2 Å². The number of aryl methyl sites for hydroxylation is 1. The van der Waals surface area contributed by atoms with Gasteiger partial charge in [-0.2, -0.15) is 0 Å². The zero-order chi connectivity index (χ0) is 20.2. The van der Waals surface area contributed by atoms with E-state index >= 15 is 0 Å². The Balaban J connectivity index is 1.21. The van der Waals surface area contributed by atoms with Gasteiger partial charge in [-0.1, -0.05) is 12.1 Å². The molecular weight excluding hydrogens is 365 g/mol. The van der Waals surface area contributed by atoms with Gasteiger partial charge in [0.2, 0.25) is 0 Å². The number of aromatic hydroxyl groups is 1. The number of likely N-dealkylation sites (tertiary alicyclic amines) is 1. The Hall–Kier alpha value is -2.11. The molecule has 0 atom stereocenters. The Morgan fingerprint density at radius 3 is 2.31 bits per heavy atom. The zero-order valence-electron chi connectivity index (χ0n) is 17.3. The first-order valence-electron chi connectivity index (χ1n) is 10.8. The van der Waals surface area contributed by atoms with Crippen molar-refractivity contribution >= 4 is 5.69 Å². The van der Waals surface area contributed by atoms with Crippen LogP contribution in [-0.4, -0.2) is 48.3 Å². The summed E-state index contributed by atoms with van der Waals surface area (Å²) in [5.74, 6) is 0.194. The number of phenolic OH excluding ortho intramolecular Hbond substituents is 1. The van der Waals surface area contributed by atoms with E-state index in [0.717, 1.165) is 51.1 Å². The molecule has 156 valence electrons. The van der Waals surface area contributed by atoms with E-state index in [1.54, 1.807) is 18.2 Å². The number of nitrogens with zero attached hydrogens (tertiary/aromatic N) is 2. The number of phenols is 1. The summed E-state index contributed by atoms with van der Waals surface area (Å²) in [5.41, 5.74) is 3.38. The average Bonchev–Trinajstić information content (AvgIpc) is 2.70. The summed E-state index contributed by atoms with van der Waals surface area (Å²) in [5, 5.41) is 13.5. The van der Waals surface area contributed by atoms with Gasteiger partial charge in [-0.25, -0.2) is 4.39 Å². The number of rotatable bonds is 5. The molecule has 2 aromatic carbocycles. The largest absolute Gasteiger partial charge is 0.508 e. The molecule has 2 saturated heterocycles. The molecule has 2 aliphatic heterocycles. The molecule has 0 amide bonds. The predicted octanol–water partition coefficient (Wildman–Crippen LogP) is 4.06. The Bertz CT molecular complexity index is 812. The number of benzene rings is 2. The van der Waals surface area contributed by atoms with Crippen molar-refractivity contribution in [1.29, 1.82) is 0 Å². The summed E-state index contributed by atoms with van der Waals surface area (Å²) in [6.07, 6.45) is 4.63. The van der Waals surface area contributed by atoms with Crippen molar-refractivity contribution in [2.45, 2.75) is 51.2 Å². The van der Waals surface area contributed by atoms with Crippen LogP contribution in [0.1, 0.15) is 36.8 Å². The lowest BCUT2D eigenvalue weighted by molar-refractivity contribution is 0.180. The third kappa shape index (κ3) is 5.28. The Morgan fingerprint density at radius 2 is 1.66 bits per heavy atom. The van der Waals surface area contributed by atoms with Crippen LogP contribution in [-0.2, 0) is 6.54 Å². The molecule has 0 aliphatic carbocycles. The Kier molecular flexibility index (Phi) is 6.36. The number of piperidine rings is 2. The van der Waals surface area contributed by atoms with Crippen molar-refractivity contribution in [3.8, 4) is 5.75 Å². The minimum Gasteiger partial charge on any atom is -0.508 e. The first-order valence-corrected chi connectivity index (χ1v) is 10.8. The van der Waals surface area contributed by atoms with Gasteiger partial charge in [0, 0.05) is 37.4 Å².